The second-order valence-electron chi connectivity index (χ2n) is 6.38. The summed E-state index contributed by atoms with van der Waals surface area (Å²) in [4.78, 5) is 40.8. The van der Waals surface area contributed by atoms with Crippen molar-refractivity contribution in [2.24, 2.45) is 4.99 Å². The normalized spacial score (nSPS) is 14.4. The molecular weight excluding hydrogens is 375 g/mol. The SMILES string of the molecule is Cc1c(C2=CC=N2)c(=O)n([C@H](C)CC=O)c(=O)n1-c1cccc(C(F)(F)F)c1. The zero-order valence-corrected chi connectivity index (χ0v) is 15.0. The molecule has 0 fully saturated rings. The lowest BCUT2D eigenvalue weighted by Gasteiger charge is -2.21. The van der Waals surface area contributed by atoms with E-state index in [0.29, 0.717) is 12.0 Å². The molecule has 0 spiro atoms. The van der Waals surface area contributed by atoms with Gasteiger partial charge in [0.2, 0.25) is 0 Å². The highest BCUT2D eigenvalue weighted by Gasteiger charge is 2.31. The van der Waals surface area contributed by atoms with E-state index in [9.17, 15) is 27.6 Å². The Morgan fingerprint density at radius 1 is 1.25 bits per heavy atom. The molecule has 1 aliphatic rings. The van der Waals surface area contributed by atoms with E-state index in [2.05, 4.69) is 4.99 Å². The van der Waals surface area contributed by atoms with Gasteiger partial charge in [0.25, 0.3) is 5.56 Å². The van der Waals surface area contributed by atoms with E-state index < -0.39 is 29.0 Å². The number of aromatic nitrogens is 2. The molecule has 0 radical (unpaired) electrons. The Morgan fingerprint density at radius 2 is 1.93 bits per heavy atom. The number of nitrogens with zero attached hydrogens (tertiary/aromatic N) is 3. The second-order valence-corrected chi connectivity index (χ2v) is 6.38. The second kappa shape index (κ2) is 7.06. The summed E-state index contributed by atoms with van der Waals surface area (Å²) in [5, 5.41) is 0. The Bertz CT molecular complexity index is 1120. The fourth-order valence-corrected chi connectivity index (χ4v) is 3.08. The van der Waals surface area contributed by atoms with Crippen LogP contribution >= 0.6 is 0 Å². The topological polar surface area (TPSA) is 73.4 Å². The van der Waals surface area contributed by atoms with Crippen molar-refractivity contribution in [2.45, 2.75) is 32.5 Å². The number of halogens is 3. The van der Waals surface area contributed by atoms with Crippen molar-refractivity contribution >= 4 is 18.2 Å². The zero-order valence-electron chi connectivity index (χ0n) is 15.0. The maximum absolute atomic E-state index is 13.1. The first-order chi connectivity index (χ1) is 13.2. The van der Waals surface area contributed by atoms with Crippen molar-refractivity contribution in [3.05, 3.63) is 68.0 Å². The first-order valence-electron chi connectivity index (χ1n) is 8.41. The fraction of sp³-hybridized carbons (Fsp3) is 0.263. The molecule has 0 saturated heterocycles. The molecule has 2 aromatic rings. The van der Waals surface area contributed by atoms with Crippen molar-refractivity contribution in [3.8, 4) is 5.69 Å². The van der Waals surface area contributed by atoms with Crippen molar-refractivity contribution in [1.82, 2.24) is 9.13 Å². The van der Waals surface area contributed by atoms with E-state index in [1.807, 2.05) is 0 Å². The molecule has 146 valence electrons. The van der Waals surface area contributed by atoms with E-state index in [1.54, 1.807) is 6.08 Å². The smallest absolute Gasteiger partial charge is 0.303 e. The summed E-state index contributed by atoms with van der Waals surface area (Å²) in [6.45, 7) is 2.99. The number of carbonyl (C=O) groups is 1. The molecule has 28 heavy (non-hydrogen) atoms. The van der Waals surface area contributed by atoms with E-state index >= 15 is 0 Å². The van der Waals surface area contributed by atoms with Gasteiger partial charge in [-0.15, -0.1) is 0 Å². The van der Waals surface area contributed by atoms with Crippen LogP contribution in [0, 0.1) is 6.92 Å². The molecule has 1 aromatic carbocycles. The van der Waals surface area contributed by atoms with E-state index in [0.717, 1.165) is 21.3 Å². The van der Waals surface area contributed by atoms with E-state index in [1.165, 1.54) is 32.2 Å². The molecule has 0 N–H and O–H groups in total. The Morgan fingerprint density at radius 3 is 2.46 bits per heavy atom. The highest BCUT2D eigenvalue weighted by atomic mass is 19.4. The van der Waals surface area contributed by atoms with Crippen LogP contribution in [0.1, 0.15) is 36.2 Å². The number of alkyl halides is 3. The van der Waals surface area contributed by atoms with Gasteiger partial charge < -0.3 is 4.79 Å². The number of benzene rings is 1. The predicted octanol–water partition coefficient (Wildman–Crippen LogP) is 2.90. The van der Waals surface area contributed by atoms with Crippen LogP contribution in [-0.2, 0) is 11.0 Å². The van der Waals surface area contributed by atoms with Crippen LogP contribution in [0.25, 0.3) is 11.4 Å². The zero-order chi connectivity index (χ0) is 20.6. The molecule has 0 aliphatic carbocycles. The fourth-order valence-electron chi connectivity index (χ4n) is 3.08. The van der Waals surface area contributed by atoms with Crippen molar-refractivity contribution in [2.75, 3.05) is 0 Å². The number of hydrogen-bond acceptors (Lipinski definition) is 4. The molecule has 3 rings (SSSR count). The van der Waals surface area contributed by atoms with Crippen LogP contribution in [0.15, 0.2) is 44.9 Å². The lowest BCUT2D eigenvalue weighted by atomic mass is 10.1. The number of allylic oxidation sites excluding steroid dienone is 1. The highest BCUT2D eigenvalue weighted by Crippen LogP contribution is 2.30. The van der Waals surface area contributed by atoms with Gasteiger partial charge >= 0.3 is 11.9 Å². The monoisotopic (exact) mass is 391 g/mol. The molecule has 0 amide bonds. The number of carbonyl (C=O) groups excluding carboxylic acids is 1. The molecular formula is C19H16F3N3O3. The first kappa shape index (κ1) is 19.5. The summed E-state index contributed by atoms with van der Waals surface area (Å²) >= 11 is 0. The standard InChI is InChI=1S/C19H16F3N3O3/c1-11(7-9-26)24-17(27)16(15-6-8-23-15)12(2)25(18(24)28)14-5-3-4-13(10-14)19(20,21)22/h3-6,8-11H,7H2,1-2H3/t11-/m1/s1. The van der Waals surface area contributed by atoms with Crippen molar-refractivity contribution in [3.63, 3.8) is 0 Å². The minimum absolute atomic E-state index is 0.0328. The van der Waals surface area contributed by atoms with Crippen LogP contribution in [0.5, 0.6) is 0 Å². The highest BCUT2D eigenvalue weighted by molar-refractivity contribution is 5.96. The van der Waals surface area contributed by atoms with Gasteiger partial charge in [-0.25, -0.2) is 4.79 Å². The summed E-state index contributed by atoms with van der Waals surface area (Å²) in [6.07, 6.45) is -1.07. The summed E-state index contributed by atoms with van der Waals surface area (Å²) in [5.41, 5.74) is -1.79. The Labute approximate surface area is 157 Å². The maximum Gasteiger partial charge on any atom is 0.416 e. The molecule has 1 aromatic heterocycles. The number of aliphatic imine (C=N–C) groups is 1. The molecule has 0 bridgehead atoms. The quantitative estimate of drug-likeness (QED) is 0.736. The van der Waals surface area contributed by atoms with Crippen molar-refractivity contribution < 1.29 is 18.0 Å². The van der Waals surface area contributed by atoms with Gasteiger partial charge in [0, 0.05) is 24.4 Å². The molecule has 6 nitrogen and oxygen atoms in total. The molecule has 2 heterocycles. The Balaban J connectivity index is 2.36. The predicted molar refractivity (Wildman–Crippen MR) is 97.9 cm³/mol. The molecule has 1 atom stereocenters. The lowest BCUT2D eigenvalue weighted by Crippen LogP contribution is -2.44. The minimum atomic E-state index is -4.59. The van der Waals surface area contributed by atoms with Gasteiger partial charge in [-0.3, -0.25) is 18.9 Å². The maximum atomic E-state index is 13.1. The Hall–Kier alpha value is -3.23. The largest absolute Gasteiger partial charge is 0.416 e. The van der Waals surface area contributed by atoms with Crippen LogP contribution < -0.4 is 11.2 Å². The third-order valence-corrected chi connectivity index (χ3v) is 4.54. The van der Waals surface area contributed by atoms with E-state index in [4.69, 9.17) is 0 Å². The third-order valence-electron chi connectivity index (χ3n) is 4.54. The van der Waals surface area contributed by atoms with Crippen LogP contribution in [-0.4, -0.2) is 21.6 Å². The summed E-state index contributed by atoms with van der Waals surface area (Å²) < 4.78 is 41.3. The summed E-state index contributed by atoms with van der Waals surface area (Å²) in [6, 6.07) is 3.52. The summed E-state index contributed by atoms with van der Waals surface area (Å²) in [5.74, 6) is 0. The Kier molecular flexibility index (Phi) is 4.93. The first-order valence-corrected chi connectivity index (χ1v) is 8.41. The number of aldehydes is 1. The summed E-state index contributed by atoms with van der Waals surface area (Å²) in [7, 11) is 0. The van der Waals surface area contributed by atoms with Gasteiger partial charge in [0.15, 0.2) is 0 Å². The third kappa shape index (κ3) is 3.23. The van der Waals surface area contributed by atoms with Crippen molar-refractivity contribution in [1.29, 1.82) is 0 Å². The number of rotatable bonds is 5. The minimum Gasteiger partial charge on any atom is -0.303 e. The molecule has 9 heteroatoms. The average molecular weight is 391 g/mol. The lowest BCUT2D eigenvalue weighted by molar-refractivity contribution is -0.137. The average Bonchev–Trinajstić information content (AvgIpc) is 2.57. The van der Waals surface area contributed by atoms with Crippen LogP contribution in [0.3, 0.4) is 0 Å². The van der Waals surface area contributed by atoms with E-state index in [-0.39, 0.29) is 23.4 Å². The van der Waals surface area contributed by atoms with Crippen LogP contribution in [0.4, 0.5) is 13.2 Å². The molecule has 1 aliphatic heterocycles. The molecule has 0 unspecified atom stereocenters. The molecule has 0 saturated carbocycles. The number of hydrogen-bond donors (Lipinski definition) is 0. The van der Waals surface area contributed by atoms with Gasteiger partial charge in [0.1, 0.15) is 6.29 Å². The van der Waals surface area contributed by atoms with Gasteiger partial charge in [-0.2, -0.15) is 13.2 Å². The van der Waals surface area contributed by atoms with Gasteiger partial charge in [-0.05, 0) is 38.1 Å². The van der Waals surface area contributed by atoms with Gasteiger partial charge in [0.05, 0.1) is 22.5 Å². The van der Waals surface area contributed by atoms with Crippen LogP contribution in [0.2, 0.25) is 0 Å². The van der Waals surface area contributed by atoms with Gasteiger partial charge in [-0.1, -0.05) is 6.07 Å².